The molecule has 1 N–H and O–H groups in total. The third-order valence-corrected chi connectivity index (χ3v) is 2.38. The van der Waals surface area contributed by atoms with E-state index in [2.05, 4.69) is 4.74 Å². The molecule has 0 aliphatic heterocycles. The Morgan fingerprint density at radius 1 is 1.73 bits per heavy atom. The van der Waals surface area contributed by atoms with Crippen LogP contribution in [0.2, 0.25) is 0 Å². The van der Waals surface area contributed by atoms with Crippen molar-refractivity contribution in [2.75, 3.05) is 0 Å². The Hall–Kier alpha value is -0.440. The van der Waals surface area contributed by atoms with Gasteiger partial charge in [-0.25, -0.2) is 4.79 Å². The van der Waals surface area contributed by atoms with E-state index in [1.807, 2.05) is 13.8 Å². The van der Waals surface area contributed by atoms with E-state index in [1.165, 1.54) is 0 Å². The molecule has 0 bridgehead atoms. The number of halogens is 1. The normalized spacial score (nSPS) is 16.1. The molecule has 3 nitrogen and oxygen atoms in total. The summed E-state index contributed by atoms with van der Waals surface area (Å²) < 4.78 is 4.53. The summed E-state index contributed by atoms with van der Waals surface area (Å²) in [5, 5.41) is 7.26. The van der Waals surface area contributed by atoms with Crippen molar-refractivity contribution in [2.24, 2.45) is 5.92 Å². The van der Waals surface area contributed by atoms with Crippen LogP contribution >= 0.6 is 11.6 Å². The summed E-state index contributed by atoms with van der Waals surface area (Å²) in [6.45, 7) is 5.43. The summed E-state index contributed by atoms with van der Waals surface area (Å²) in [5.41, 5.74) is 0. The van der Waals surface area contributed by atoms with Crippen molar-refractivity contribution in [3.05, 3.63) is 0 Å². The second-order valence-corrected chi connectivity index (χ2v) is 3.30. The predicted octanol–water partition coefficient (Wildman–Crippen LogP) is 2.68. The van der Waals surface area contributed by atoms with E-state index in [4.69, 9.17) is 16.7 Å². The Bertz CT molecular complexity index is 147. The van der Waals surface area contributed by atoms with E-state index >= 15 is 0 Å². The highest BCUT2D eigenvalue weighted by Gasteiger charge is 2.33. The van der Waals surface area contributed by atoms with Crippen molar-refractivity contribution in [1.29, 1.82) is 0 Å². The number of ether oxygens (including phenoxy) is 1. The smallest absolute Gasteiger partial charge is 0.450 e. The van der Waals surface area contributed by atoms with Crippen molar-refractivity contribution < 1.29 is 14.6 Å². The molecule has 0 saturated carbocycles. The summed E-state index contributed by atoms with van der Waals surface area (Å²) in [6.07, 6.45) is -0.853. The molecule has 1 atom stereocenters. The van der Waals surface area contributed by atoms with E-state index in [0.717, 1.165) is 0 Å². The maximum atomic E-state index is 10.2. The molecule has 66 valence electrons. The third-order valence-electron chi connectivity index (χ3n) is 1.60. The lowest BCUT2D eigenvalue weighted by molar-refractivity contribution is 0.00416. The zero-order valence-electron chi connectivity index (χ0n) is 6.93. The molecule has 0 aromatic carbocycles. The standard InChI is InChI=1S/C7H13ClO3/c1-4-7(8,5(2)3)11-6(9)10/h5H,4H2,1-3H3,(H,9,10). The van der Waals surface area contributed by atoms with Gasteiger partial charge in [0.25, 0.3) is 0 Å². The first-order valence-corrected chi connectivity index (χ1v) is 3.91. The largest absolute Gasteiger partial charge is 0.507 e. The second-order valence-electron chi connectivity index (χ2n) is 2.66. The molecule has 0 aromatic heterocycles. The topological polar surface area (TPSA) is 46.5 Å². The van der Waals surface area contributed by atoms with E-state index in [1.54, 1.807) is 6.92 Å². The van der Waals surface area contributed by atoms with Crippen LogP contribution in [-0.2, 0) is 4.74 Å². The van der Waals surface area contributed by atoms with Crippen molar-refractivity contribution in [3.63, 3.8) is 0 Å². The lowest BCUT2D eigenvalue weighted by Gasteiger charge is -2.27. The van der Waals surface area contributed by atoms with E-state index in [9.17, 15) is 4.79 Å². The highest BCUT2D eigenvalue weighted by atomic mass is 35.5. The number of rotatable bonds is 3. The van der Waals surface area contributed by atoms with Crippen molar-refractivity contribution >= 4 is 17.8 Å². The van der Waals surface area contributed by atoms with Gasteiger partial charge >= 0.3 is 6.16 Å². The van der Waals surface area contributed by atoms with Crippen LogP contribution in [0.15, 0.2) is 0 Å². The van der Waals surface area contributed by atoms with E-state index < -0.39 is 11.2 Å². The lowest BCUT2D eigenvalue weighted by atomic mass is 10.0. The van der Waals surface area contributed by atoms with Crippen molar-refractivity contribution in [3.8, 4) is 0 Å². The molecule has 0 spiro atoms. The minimum Gasteiger partial charge on any atom is -0.450 e. The van der Waals surface area contributed by atoms with Crippen LogP contribution in [0.25, 0.3) is 0 Å². The minimum absolute atomic E-state index is 0.0229. The summed E-state index contributed by atoms with van der Waals surface area (Å²) in [4.78, 5) is 10.2. The van der Waals surface area contributed by atoms with Crippen LogP contribution in [-0.4, -0.2) is 16.3 Å². The van der Waals surface area contributed by atoms with Gasteiger partial charge in [0.05, 0.1) is 0 Å². The van der Waals surface area contributed by atoms with Crippen LogP contribution in [0.5, 0.6) is 0 Å². The average molecular weight is 181 g/mol. The number of carboxylic acid groups (broad SMARTS) is 1. The molecular weight excluding hydrogens is 168 g/mol. The molecule has 0 heterocycles. The Morgan fingerprint density at radius 2 is 2.18 bits per heavy atom. The van der Waals surface area contributed by atoms with Crippen molar-refractivity contribution in [2.45, 2.75) is 32.3 Å². The van der Waals surface area contributed by atoms with Gasteiger partial charge in [-0.3, -0.25) is 0 Å². The van der Waals surface area contributed by atoms with Gasteiger partial charge in [-0.05, 0) is 6.42 Å². The van der Waals surface area contributed by atoms with E-state index in [0.29, 0.717) is 6.42 Å². The number of hydrogen-bond donors (Lipinski definition) is 1. The summed E-state index contributed by atoms with van der Waals surface area (Å²) in [7, 11) is 0. The van der Waals surface area contributed by atoms with Gasteiger partial charge in [0.2, 0.25) is 0 Å². The minimum atomic E-state index is -1.32. The van der Waals surface area contributed by atoms with Crippen molar-refractivity contribution in [1.82, 2.24) is 0 Å². The highest BCUT2D eigenvalue weighted by molar-refractivity contribution is 6.23. The zero-order valence-corrected chi connectivity index (χ0v) is 7.68. The van der Waals surface area contributed by atoms with Gasteiger partial charge in [-0.15, -0.1) is 0 Å². The lowest BCUT2D eigenvalue weighted by Crippen LogP contribution is -2.33. The Balaban J connectivity index is 4.22. The maximum absolute atomic E-state index is 10.2. The molecule has 1 unspecified atom stereocenters. The first kappa shape index (κ1) is 10.6. The molecule has 0 radical (unpaired) electrons. The molecule has 0 aliphatic carbocycles. The molecule has 0 aromatic rings. The fraction of sp³-hybridized carbons (Fsp3) is 0.857. The summed E-state index contributed by atoms with van der Waals surface area (Å²) >= 11 is 5.85. The van der Waals surface area contributed by atoms with Gasteiger partial charge in [0, 0.05) is 5.92 Å². The van der Waals surface area contributed by atoms with Crippen LogP contribution in [0, 0.1) is 5.92 Å². The molecule has 0 saturated heterocycles. The quantitative estimate of drug-likeness (QED) is 0.537. The number of alkyl halides is 1. The molecular formula is C7H13ClO3. The third kappa shape index (κ3) is 2.97. The SMILES string of the molecule is CCC(Cl)(OC(=O)O)C(C)C. The monoisotopic (exact) mass is 180 g/mol. The zero-order chi connectivity index (χ0) is 9.07. The molecule has 0 aliphatic rings. The van der Waals surface area contributed by atoms with Gasteiger partial charge in [0.1, 0.15) is 0 Å². The van der Waals surface area contributed by atoms with Crippen LogP contribution in [0.1, 0.15) is 27.2 Å². The summed E-state index contributed by atoms with van der Waals surface area (Å²) in [6, 6.07) is 0. The van der Waals surface area contributed by atoms with E-state index in [-0.39, 0.29) is 5.92 Å². The first-order valence-electron chi connectivity index (χ1n) is 3.53. The average Bonchev–Trinajstić information content (AvgIpc) is 1.86. The number of carbonyl (C=O) groups is 1. The molecule has 0 amide bonds. The molecule has 0 rings (SSSR count). The summed E-state index contributed by atoms with van der Waals surface area (Å²) in [5.74, 6) is -0.0229. The second kappa shape index (κ2) is 3.81. The van der Waals surface area contributed by atoms with Gasteiger partial charge in [0.15, 0.2) is 5.06 Å². The van der Waals surface area contributed by atoms with Crippen LogP contribution in [0.4, 0.5) is 4.79 Å². The Kier molecular flexibility index (Phi) is 3.66. The fourth-order valence-electron chi connectivity index (χ4n) is 0.743. The molecule has 11 heavy (non-hydrogen) atoms. The fourth-order valence-corrected chi connectivity index (χ4v) is 0.809. The van der Waals surface area contributed by atoms with Gasteiger partial charge in [-0.2, -0.15) is 0 Å². The van der Waals surface area contributed by atoms with Crippen LogP contribution < -0.4 is 0 Å². The van der Waals surface area contributed by atoms with Gasteiger partial charge in [-0.1, -0.05) is 32.4 Å². The first-order chi connectivity index (χ1) is 4.92. The Morgan fingerprint density at radius 3 is 2.27 bits per heavy atom. The Labute approximate surface area is 71.3 Å². The predicted molar refractivity (Wildman–Crippen MR) is 42.8 cm³/mol. The maximum Gasteiger partial charge on any atom is 0.507 e. The highest BCUT2D eigenvalue weighted by Crippen LogP contribution is 2.30. The van der Waals surface area contributed by atoms with Crippen LogP contribution in [0.3, 0.4) is 0 Å². The molecule has 4 heteroatoms. The number of hydrogen-bond acceptors (Lipinski definition) is 2. The molecule has 0 fully saturated rings. The van der Waals surface area contributed by atoms with Gasteiger partial charge < -0.3 is 9.84 Å².